The molecule has 1 aromatic rings. The summed E-state index contributed by atoms with van der Waals surface area (Å²) in [4.78, 5) is 25.0. The van der Waals surface area contributed by atoms with E-state index in [9.17, 15) is 9.90 Å². The van der Waals surface area contributed by atoms with Crippen molar-refractivity contribution in [2.45, 2.75) is 65.7 Å². The molecule has 7 nitrogen and oxygen atoms in total. The Labute approximate surface area is 179 Å². The fraction of sp³-hybridized carbons (Fsp3) is 0.609. The molecular weight excluding hydrogens is 384 g/mol. The van der Waals surface area contributed by atoms with Gasteiger partial charge in [-0.05, 0) is 57.2 Å². The summed E-state index contributed by atoms with van der Waals surface area (Å²) in [6, 6.07) is 4.06. The van der Waals surface area contributed by atoms with Crippen LogP contribution in [-0.2, 0) is 19.2 Å². The fourth-order valence-corrected chi connectivity index (χ4v) is 4.45. The van der Waals surface area contributed by atoms with E-state index in [1.54, 1.807) is 12.2 Å². The Morgan fingerprint density at radius 2 is 1.97 bits per heavy atom. The molecule has 1 fully saturated rings. The monoisotopic (exact) mass is 418 g/mol. The Bertz CT molecular complexity index is 804. The second-order valence-corrected chi connectivity index (χ2v) is 8.37. The number of carbonyl (C=O) groups excluding carboxylic acids is 1. The lowest BCUT2D eigenvalue weighted by Crippen LogP contribution is -2.49. The van der Waals surface area contributed by atoms with Crippen molar-refractivity contribution in [2.24, 2.45) is 0 Å². The quantitative estimate of drug-likeness (QED) is 0.647. The zero-order valence-corrected chi connectivity index (χ0v) is 18.9. The SMILES string of the molecule is CCN(CCC1(C)C(O)=C(c2c(C)cc(C)cc2C)C(=O)N1OC1CCCO1)OC. The van der Waals surface area contributed by atoms with E-state index in [-0.39, 0.29) is 11.7 Å². The highest BCUT2D eigenvalue weighted by Crippen LogP contribution is 2.43. The van der Waals surface area contributed by atoms with Crippen LogP contribution in [-0.4, -0.2) is 59.8 Å². The van der Waals surface area contributed by atoms with Crippen LogP contribution in [0.2, 0.25) is 0 Å². The summed E-state index contributed by atoms with van der Waals surface area (Å²) in [5.41, 5.74) is 3.09. The number of aryl methyl sites for hydroxylation is 3. The Morgan fingerprint density at radius 3 is 2.50 bits per heavy atom. The zero-order chi connectivity index (χ0) is 22.1. The van der Waals surface area contributed by atoms with Crippen LogP contribution in [0.5, 0.6) is 0 Å². The normalized spacial score (nSPS) is 24.6. The third kappa shape index (κ3) is 4.12. The van der Waals surface area contributed by atoms with Gasteiger partial charge in [-0.15, -0.1) is 0 Å². The van der Waals surface area contributed by atoms with E-state index < -0.39 is 11.8 Å². The van der Waals surface area contributed by atoms with E-state index >= 15 is 0 Å². The molecule has 0 radical (unpaired) electrons. The summed E-state index contributed by atoms with van der Waals surface area (Å²) in [6.07, 6.45) is 1.58. The molecule has 2 atom stereocenters. The van der Waals surface area contributed by atoms with Gasteiger partial charge in [0, 0.05) is 19.5 Å². The lowest BCUT2D eigenvalue weighted by atomic mass is 9.90. The van der Waals surface area contributed by atoms with Gasteiger partial charge in [-0.2, -0.15) is 5.06 Å². The first-order valence-corrected chi connectivity index (χ1v) is 10.7. The number of nitrogens with zero attached hydrogens (tertiary/aromatic N) is 2. The maximum absolute atomic E-state index is 13.6. The molecule has 1 aromatic carbocycles. The standard InChI is InChI=1S/C23H34N2O5/c1-7-24(28-6)11-10-23(5)21(26)20(19-16(3)13-15(2)14-17(19)4)22(27)25(23)30-18-9-8-12-29-18/h13-14,18,26H,7-12H2,1-6H3. The van der Waals surface area contributed by atoms with Crippen molar-refractivity contribution in [2.75, 3.05) is 26.8 Å². The molecular formula is C23H34N2O5. The van der Waals surface area contributed by atoms with Crippen LogP contribution in [0, 0.1) is 20.8 Å². The molecule has 30 heavy (non-hydrogen) atoms. The number of ether oxygens (including phenoxy) is 1. The molecule has 0 aliphatic carbocycles. The summed E-state index contributed by atoms with van der Waals surface area (Å²) in [6.45, 7) is 11.6. The minimum atomic E-state index is -1.02. The second kappa shape index (κ2) is 9.06. The maximum Gasteiger partial charge on any atom is 0.282 e. The minimum absolute atomic E-state index is 0.0349. The van der Waals surface area contributed by atoms with E-state index in [0.717, 1.165) is 35.1 Å². The predicted octanol–water partition coefficient (Wildman–Crippen LogP) is 3.82. The average Bonchev–Trinajstić information content (AvgIpc) is 3.26. The smallest absolute Gasteiger partial charge is 0.282 e. The summed E-state index contributed by atoms with van der Waals surface area (Å²) in [5.74, 6) is -0.297. The number of hydrogen-bond acceptors (Lipinski definition) is 6. The highest BCUT2D eigenvalue weighted by Gasteiger charge is 2.52. The lowest BCUT2D eigenvalue weighted by molar-refractivity contribution is -0.281. The number of benzene rings is 1. The second-order valence-electron chi connectivity index (χ2n) is 8.37. The summed E-state index contributed by atoms with van der Waals surface area (Å²) < 4.78 is 5.61. The van der Waals surface area contributed by atoms with E-state index in [0.29, 0.717) is 31.7 Å². The van der Waals surface area contributed by atoms with E-state index in [4.69, 9.17) is 14.4 Å². The summed E-state index contributed by atoms with van der Waals surface area (Å²) in [5, 5.41) is 14.5. The van der Waals surface area contributed by atoms with Crippen molar-refractivity contribution in [1.82, 2.24) is 10.1 Å². The van der Waals surface area contributed by atoms with Crippen LogP contribution in [0.15, 0.2) is 17.9 Å². The molecule has 7 heteroatoms. The molecule has 0 aromatic heterocycles. The molecule has 2 aliphatic rings. The zero-order valence-electron chi connectivity index (χ0n) is 18.9. The van der Waals surface area contributed by atoms with Crippen molar-refractivity contribution in [1.29, 1.82) is 0 Å². The predicted molar refractivity (Wildman–Crippen MR) is 114 cm³/mol. The van der Waals surface area contributed by atoms with Gasteiger partial charge in [0.15, 0.2) is 6.29 Å². The highest BCUT2D eigenvalue weighted by atomic mass is 16.8. The van der Waals surface area contributed by atoms with Gasteiger partial charge in [-0.1, -0.05) is 24.6 Å². The first-order valence-electron chi connectivity index (χ1n) is 10.7. The molecule has 1 saturated heterocycles. The Kier molecular flexibility index (Phi) is 6.87. The van der Waals surface area contributed by atoms with Crippen LogP contribution < -0.4 is 0 Å². The average molecular weight is 419 g/mol. The Balaban J connectivity index is 2.03. The van der Waals surface area contributed by atoms with Gasteiger partial charge >= 0.3 is 0 Å². The van der Waals surface area contributed by atoms with Crippen molar-refractivity contribution < 1.29 is 24.3 Å². The number of rotatable bonds is 8. The summed E-state index contributed by atoms with van der Waals surface area (Å²) >= 11 is 0. The first-order chi connectivity index (χ1) is 14.2. The largest absolute Gasteiger partial charge is 0.509 e. The molecule has 2 aliphatic heterocycles. The summed E-state index contributed by atoms with van der Waals surface area (Å²) in [7, 11) is 1.62. The number of hydrogen-bond donors (Lipinski definition) is 1. The third-order valence-corrected chi connectivity index (χ3v) is 6.09. The lowest BCUT2D eigenvalue weighted by Gasteiger charge is -2.36. The molecule has 0 spiro atoms. The Hall–Kier alpha value is -1.93. The van der Waals surface area contributed by atoms with Gasteiger partial charge in [0.05, 0.1) is 19.3 Å². The minimum Gasteiger partial charge on any atom is -0.509 e. The van der Waals surface area contributed by atoms with Gasteiger partial charge in [0.1, 0.15) is 11.3 Å². The third-order valence-electron chi connectivity index (χ3n) is 6.09. The van der Waals surface area contributed by atoms with Gasteiger partial charge in [-0.3, -0.25) is 4.79 Å². The van der Waals surface area contributed by atoms with Crippen LogP contribution >= 0.6 is 0 Å². The van der Waals surface area contributed by atoms with Crippen LogP contribution in [0.25, 0.3) is 5.57 Å². The number of hydroxylamine groups is 4. The van der Waals surface area contributed by atoms with E-state index in [2.05, 4.69) is 0 Å². The van der Waals surface area contributed by atoms with Gasteiger partial charge < -0.3 is 14.7 Å². The van der Waals surface area contributed by atoms with Crippen LogP contribution in [0.3, 0.4) is 0 Å². The van der Waals surface area contributed by atoms with Crippen molar-refractivity contribution >= 4 is 11.5 Å². The Morgan fingerprint density at radius 1 is 1.30 bits per heavy atom. The van der Waals surface area contributed by atoms with E-state index in [1.807, 2.05) is 46.8 Å². The fourth-order valence-electron chi connectivity index (χ4n) is 4.45. The first kappa shape index (κ1) is 22.7. The highest BCUT2D eigenvalue weighted by molar-refractivity contribution is 6.23. The molecule has 0 saturated carbocycles. The molecule has 166 valence electrons. The maximum atomic E-state index is 13.6. The molecule has 0 bridgehead atoms. The van der Waals surface area contributed by atoms with Crippen LogP contribution in [0.4, 0.5) is 0 Å². The van der Waals surface area contributed by atoms with Gasteiger partial charge in [0.25, 0.3) is 5.91 Å². The van der Waals surface area contributed by atoms with Crippen LogP contribution in [0.1, 0.15) is 55.4 Å². The van der Waals surface area contributed by atoms with Gasteiger partial charge in [0.2, 0.25) is 0 Å². The topological polar surface area (TPSA) is 71.5 Å². The van der Waals surface area contributed by atoms with E-state index in [1.165, 1.54) is 5.06 Å². The van der Waals surface area contributed by atoms with Crippen molar-refractivity contribution in [3.8, 4) is 0 Å². The van der Waals surface area contributed by atoms with Crippen molar-refractivity contribution in [3.63, 3.8) is 0 Å². The van der Waals surface area contributed by atoms with Crippen molar-refractivity contribution in [3.05, 3.63) is 40.1 Å². The number of amides is 1. The number of aliphatic hydroxyl groups is 1. The molecule has 3 rings (SSSR count). The molecule has 2 heterocycles. The molecule has 1 N–H and O–H groups in total. The number of carbonyl (C=O) groups is 1. The number of aliphatic hydroxyl groups excluding tert-OH is 1. The van der Waals surface area contributed by atoms with Gasteiger partial charge in [-0.25, -0.2) is 9.90 Å². The molecule has 1 amide bonds. The molecule has 2 unspecified atom stereocenters.